The van der Waals surface area contributed by atoms with Gasteiger partial charge in [0.1, 0.15) is 0 Å². The Morgan fingerprint density at radius 3 is 2.68 bits per heavy atom. The van der Waals surface area contributed by atoms with Crippen LogP contribution in [0.4, 0.5) is 0 Å². The van der Waals surface area contributed by atoms with E-state index in [9.17, 15) is 9.59 Å². The van der Waals surface area contributed by atoms with Gasteiger partial charge in [-0.1, -0.05) is 12.1 Å². The zero-order valence-electron chi connectivity index (χ0n) is 11.1. The molecular formula is C15H17NO3. The number of ketones is 1. The van der Waals surface area contributed by atoms with E-state index in [1.807, 2.05) is 42.9 Å². The minimum absolute atomic E-state index is 0.00991. The zero-order chi connectivity index (χ0) is 14.0. The molecule has 0 bridgehead atoms. The van der Waals surface area contributed by atoms with Gasteiger partial charge in [-0.3, -0.25) is 9.59 Å². The van der Waals surface area contributed by atoms with E-state index in [2.05, 4.69) is 0 Å². The second-order valence-electron chi connectivity index (χ2n) is 4.84. The Morgan fingerprint density at radius 2 is 2.00 bits per heavy atom. The number of benzene rings is 1. The number of rotatable bonds is 5. The number of Topliss-reactive ketones (excluding diaryl/α,β-unsaturated/α-hetero) is 1. The van der Waals surface area contributed by atoms with Gasteiger partial charge in [0.2, 0.25) is 0 Å². The quantitative estimate of drug-likeness (QED) is 0.840. The average molecular weight is 259 g/mol. The van der Waals surface area contributed by atoms with Gasteiger partial charge in [-0.25, -0.2) is 0 Å². The molecule has 0 aliphatic heterocycles. The van der Waals surface area contributed by atoms with Crippen LogP contribution in [0.15, 0.2) is 24.4 Å². The fourth-order valence-electron chi connectivity index (χ4n) is 2.25. The fourth-order valence-corrected chi connectivity index (χ4v) is 2.25. The summed E-state index contributed by atoms with van der Waals surface area (Å²) in [4.78, 5) is 22.6. The van der Waals surface area contributed by atoms with Crippen molar-refractivity contribution in [1.29, 1.82) is 0 Å². The van der Waals surface area contributed by atoms with Crippen LogP contribution in [0.2, 0.25) is 0 Å². The van der Waals surface area contributed by atoms with E-state index in [1.54, 1.807) is 0 Å². The average Bonchev–Trinajstić information content (AvgIpc) is 2.66. The number of aryl methyl sites for hydroxylation is 2. The molecule has 0 aliphatic rings. The van der Waals surface area contributed by atoms with Crippen LogP contribution in [0, 0.1) is 6.92 Å². The zero-order valence-corrected chi connectivity index (χ0v) is 11.1. The van der Waals surface area contributed by atoms with Gasteiger partial charge in [0.25, 0.3) is 0 Å². The van der Waals surface area contributed by atoms with E-state index in [0.717, 1.165) is 16.5 Å². The van der Waals surface area contributed by atoms with Crippen LogP contribution in [-0.2, 0) is 11.8 Å². The van der Waals surface area contributed by atoms with Gasteiger partial charge in [-0.05, 0) is 25.0 Å². The van der Waals surface area contributed by atoms with Crippen LogP contribution in [0.3, 0.4) is 0 Å². The van der Waals surface area contributed by atoms with Crippen LogP contribution < -0.4 is 0 Å². The third-order valence-electron chi connectivity index (χ3n) is 3.24. The first-order valence-corrected chi connectivity index (χ1v) is 6.29. The Hall–Kier alpha value is -2.10. The highest BCUT2D eigenvalue weighted by molar-refractivity contribution is 6.08. The van der Waals surface area contributed by atoms with Gasteiger partial charge in [0, 0.05) is 42.6 Å². The van der Waals surface area contributed by atoms with Crippen molar-refractivity contribution in [2.45, 2.75) is 26.2 Å². The lowest BCUT2D eigenvalue weighted by atomic mass is 10.0. The number of hydrogen-bond acceptors (Lipinski definition) is 2. The fraction of sp³-hybridized carbons (Fsp3) is 0.333. The Morgan fingerprint density at radius 1 is 1.26 bits per heavy atom. The molecule has 100 valence electrons. The Kier molecular flexibility index (Phi) is 3.69. The molecule has 0 saturated carbocycles. The summed E-state index contributed by atoms with van der Waals surface area (Å²) >= 11 is 0. The molecule has 1 heterocycles. The van der Waals surface area contributed by atoms with Gasteiger partial charge >= 0.3 is 5.97 Å². The van der Waals surface area contributed by atoms with Crippen molar-refractivity contribution >= 4 is 22.7 Å². The molecular weight excluding hydrogens is 242 g/mol. The summed E-state index contributed by atoms with van der Waals surface area (Å²) in [6.45, 7) is 2.01. The van der Waals surface area contributed by atoms with Crippen LogP contribution in [0.5, 0.6) is 0 Å². The molecule has 1 N–H and O–H groups in total. The van der Waals surface area contributed by atoms with Crippen LogP contribution >= 0.6 is 0 Å². The molecule has 0 fully saturated rings. The summed E-state index contributed by atoms with van der Waals surface area (Å²) in [6, 6.07) is 5.98. The maximum absolute atomic E-state index is 12.1. The summed E-state index contributed by atoms with van der Waals surface area (Å²) in [5.74, 6) is -0.850. The van der Waals surface area contributed by atoms with Crippen LogP contribution in [0.1, 0.15) is 35.2 Å². The van der Waals surface area contributed by atoms with E-state index in [4.69, 9.17) is 5.11 Å². The van der Waals surface area contributed by atoms with Crippen LogP contribution in [0.25, 0.3) is 10.9 Å². The van der Waals surface area contributed by atoms with Crippen molar-refractivity contribution in [2.75, 3.05) is 0 Å². The molecule has 0 amide bonds. The van der Waals surface area contributed by atoms with E-state index in [1.165, 1.54) is 0 Å². The number of carboxylic acid groups (broad SMARTS) is 1. The maximum Gasteiger partial charge on any atom is 0.303 e. The van der Waals surface area contributed by atoms with Crippen molar-refractivity contribution in [3.05, 3.63) is 35.5 Å². The third-order valence-corrected chi connectivity index (χ3v) is 3.24. The molecule has 0 aliphatic carbocycles. The summed E-state index contributed by atoms with van der Waals surface area (Å²) in [6.07, 6.45) is 2.53. The van der Waals surface area contributed by atoms with Crippen molar-refractivity contribution in [3.8, 4) is 0 Å². The maximum atomic E-state index is 12.1. The second kappa shape index (κ2) is 5.26. The highest BCUT2D eigenvalue weighted by atomic mass is 16.4. The molecule has 19 heavy (non-hydrogen) atoms. The molecule has 2 rings (SSSR count). The van der Waals surface area contributed by atoms with Crippen molar-refractivity contribution in [3.63, 3.8) is 0 Å². The number of aromatic nitrogens is 1. The topological polar surface area (TPSA) is 59.3 Å². The van der Waals surface area contributed by atoms with Crippen molar-refractivity contribution in [1.82, 2.24) is 4.57 Å². The molecule has 0 radical (unpaired) electrons. The first kappa shape index (κ1) is 13.3. The molecule has 0 saturated heterocycles. The predicted octanol–water partition coefficient (Wildman–Crippen LogP) is 2.92. The Labute approximate surface area is 111 Å². The predicted molar refractivity (Wildman–Crippen MR) is 73.5 cm³/mol. The van der Waals surface area contributed by atoms with Gasteiger partial charge in [0.15, 0.2) is 5.78 Å². The van der Waals surface area contributed by atoms with E-state index in [-0.39, 0.29) is 18.6 Å². The molecule has 0 spiro atoms. The number of hydrogen-bond donors (Lipinski definition) is 1. The molecule has 1 aromatic heterocycles. The standard InChI is InChI=1S/C15H17NO3/c1-10-6-7-11-12(9-16(2)13(11)8-10)14(17)4-3-5-15(18)19/h6-9H,3-5H2,1-2H3,(H,18,19). The molecule has 4 heteroatoms. The molecule has 0 atom stereocenters. The highest BCUT2D eigenvalue weighted by Crippen LogP contribution is 2.23. The largest absolute Gasteiger partial charge is 0.481 e. The SMILES string of the molecule is Cc1ccc2c(C(=O)CCCC(=O)O)cn(C)c2c1. The smallest absolute Gasteiger partial charge is 0.303 e. The summed E-state index contributed by atoms with van der Waals surface area (Å²) < 4.78 is 1.94. The van der Waals surface area contributed by atoms with Crippen molar-refractivity contribution < 1.29 is 14.7 Å². The number of fused-ring (bicyclic) bond motifs is 1. The highest BCUT2D eigenvalue weighted by Gasteiger charge is 2.14. The number of nitrogens with zero attached hydrogens (tertiary/aromatic N) is 1. The Balaban J connectivity index is 2.25. The van der Waals surface area contributed by atoms with E-state index in [0.29, 0.717) is 12.0 Å². The molecule has 2 aromatic rings. The molecule has 1 aromatic carbocycles. The van der Waals surface area contributed by atoms with Gasteiger partial charge in [-0.15, -0.1) is 0 Å². The van der Waals surface area contributed by atoms with Gasteiger partial charge in [0.05, 0.1) is 0 Å². The number of carboxylic acids is 1. The lowest BCUT2D eigenvalue weighted by Gasteiger charge is -1.99. The third kappa shape index (κ3) is 2.84. The minimum Gasteiger partial charge on any atom is -0.481 e. The van der Waals surface area contributed by atoms with Gasteiger partial charge in [-0.2, -0.15) is 0 Å². The minimum atomic E-state index is -0.860. The molecule has 4 nitrogen and oxygen atoms in total. The normalized spacial score (nSPS) is 10.8. The summed E-state index contributed by atoms with van der Waals surface area (Å²) in [5.41, 5.74) is 2.86. The monoisotopic (exact) mass is 259 g/mol. The first-order chi connectivity index (χ1) is 8.99. The summed E-state index contributed by atoms with van der Waals surface area (Å²) in [5, 5.41) is 9.53. The number of carbonyl (C=O) groups is 2. The number of aliphatic carboxylic acids is 1. The molecule has 0 unspecified atom stereocenters. The first-order valence-electron chi connectivity index (χ1n) is 6.29. The second-order valence-corrected chi connectivity index (χ2v) is 4.84. The van der Waals surface area contributed by atoms with Crippen molar-refractivity contribution in [2.24, 2.45) is 7.05 Å². The van der Waals surface area contributed by atoms with E-state index >= 15 is 0 Å². The Bertz CT molecular complexity index is 640. The lowest BCUT2D eigenvalue weighted by Crippen LogP contribution is -2.01. The van der Waals surface area contributed by atoms with Crippen LogP contribution in [-0.4, -0.2) is 21.4 Å². The lowest BCUT2D eigenvalue weighted by molar-refractivity contribution is -0.137. The van der Waals surface area contributed by atoms with Gasteiger partial charge < -0.3 is 9.67 Å². The number of carbonyl (C=O) groups excluding carboxylic acids is 1. The summed E-state index contributed by atoms with van der Waals surface area (Å²) in [7, 11) is 1.91. The van der Waals surface area contributed by atoms with E-state index < -0.39 is 5.97 Å².